The smallest absolute Gasteiger partial charge is 0.245 e. The van der Waals surface area contributed by atoms with Crippen molar-refractivity contribution in [3.8, 4) is 5.75 Å². The number of rotatable bonds is 8. The molecule has 1 aliphatic rings. The lowest BCUT2D eigenvalue weighted by atomic mass is 10.1. The van der Waals surface area contributed by atoms with Crippen LogP contribution in [-0.4, -0.2) is 47.4 Å². The number of nitrogens with zero attached hydrogens (tertiary/aromatic N) is 2. The van der Waals surface area contributed by atoms with E-state index in [1.807, 2.05) is 31.2 Å². The second-order valence-corrected chi connectivity index (χ2v) is 5.95. The van der Waals surface area contributed by atoms with Gasteiger partial charge in [0, 0.05) is 26.1 Å². The maximum atomic E-state index is 12.8. The highest BCUT2D eigenvalue weighted by molar-refractivity contribution is 5.88. The Labute approximate surface area is 143 Å². The largest absolute Gasteiger partial charge is 0.494 e. The number of amides is 2. The summed E-state index contributed by atoms with van der Waals surface area (Å²) in [6.45, 7) is 9.67. The van der Waals surface area contributed by atoms with Gasteiger partial charge in [-0.2, -0.15) is 0 Å². The Kier molecular flexibility index (Phi) is 6.41. The molecule has 1 heterocycles. The summed E-state index contributed by atoms with van der Waals surface area (Å²) in [6, 6.07) is 7.30. The number of carbonyl (C=O) groups is 2. The molecule has 0 aromatic heterocycles. The van der Waals surface area contributed by atoms with E-state index < -0.39 is 6.04 Å². The van der Waals surface area contributed by atoms with Crippen LogP contribution in [0, 0.1) is 0 Å². The van der Waals surface area contributed by atoms with Crippen LogP contribution in [0.3, 0.4) is 0 Å². The predicted octanol–water partition coefficient (Wildman–Crippen LogP) is 2.61. The van der Waals surface area contributed by atoms with Crippen LogP contribution in [0.2, 0.25) is 0 Å². The van der Waals surface area contributed by atoms with Gasteiger partial charge in [0.1, 0.15) is 11.8 Å². The summed E-state index contributed by atoms with van der Waals surface area (Å²) in [4.78, 5) is 28.1. The van der Waals surface area contributed by atoms with Gasteiger partial charge in [0.05, 0.1) is 6.61 Å². The average Bonchev–Trinajstić information content (AvgIpc) is 3.00. The van der Waals surface area contributed by atoms with Gasteiger partial charge >= 0.3 is 0 Å². The van der Waals surface area contributed by atoms with E-state index in [-0.39, 0.29) is 11.8 Å². The van der Waals surface area contributed by atoms with Gasteiger partial charge < -0.3 is 14.5 Å². The minimum absolute atomic E-state index is 0.0491. The molecule has 1 atom stereocenters. The number of likely N-dealkylation sites (tertiary alicyclic amines) is 1. The molecular formula is C19H26N2O3. The molecule has 1 fully saturated rings. The van der Waals surface area contributed by atoms with Gasteiger partial charge in [-0.05, 0) is 38.0 Å². The van der Waals surface area contributed by atoms with E-state index in [1.54, 1.807) is 22.8 Å². The molecule has 0 spiro atoms. The van der Waals surface area contributed by atoms with Crippen molar-refractivity contribution in [2.75, 3.05) is 19.7 Å². The Bertz CT molecular complexity index is 600. The van der Waals surface area contributed by atoms with Crippen LogP contribution in [0.15, 0.2) is 36.9 Å². The summed E-state index contributed by atoms with van der Waals surface area (Å²) >= 11 is 0. The lowest BCUT2D eigenvalue weighted by Gasteiger charge is -2.30. The minimum atomic E-state index is -0.435. The zero-order chi connectivity index (χ0) is 17.5. The molecule has 0 N–H and O–H groups in total. The first-order chi connectivity index (χ1) is 11.6. The molecule has 0 unspecified atom stereocenters. The monoisotopic (exact) mass is 330 g/mol. The molecule has 1 aromatic rings. The van der Waals surface area contributed by atoms with Crippen LogP contribution in [-0.2, 0) is 16.1 Å². The highest BCUT2D eigenvalue weighted by Gasteiger charge is 2.31. The number of carbonyl (C=O) groups excluding carboxylic acids is 2. The summed E-state index contributed by atoms with van der Waals surface area (Å²) in [5.74, 6) is 0.809. The molecule has 24 heavy (non-hydrogen) atoms. The summed E-state index contributed by atoms with van der Waals surface area (Å²) in [6.07, 6.45) is 3.08. The Morgan fingerprint density at radius 2 is 2.29 bits per heavy atom. The molecule has 0 bridgehead atoms. The first-order valence-electron chi connectivity index (χ1n) is 8.47. The van der Waals surface area contributed by atoms with Crippen LogP contribution in [0.4, 0.5) is 0 Å². The second-order valence-electron chi connectivity index (χ2n) is 5.95. The molecule has 0 saturated carbocycles. The zero-order valence-corrected chi connectivity index (χ0v) is 14.5. The number of hydrogen-bond donors (Lipinski definition) is 0. The van der Waals surface area contributed by atoms with Gasteiger partial charge in [0.25, 0.3) is 0 Å². The molecule has 1 aliphatic heterocycles. The van der Waals surface area contributed by atoms with E-state index in [1.165, 1.54) is 0 Å². The molecule has 0 aliphatic carbocycles. The molecule has 2 amide bonds. The van der Waals surface area contributed by atoms with E-state index in [4.69, 9.17) is 4.74 Å². The van der Waals surface area contributed by atoms with Crippen molar-refractivity contribution < 1.29 is 14.3 Å². The van der Waals surface area contributed by atoms with Gasteiger partial charge in [0.2, 0.25) is 11.8 Å². The van der Waals surface area contributed by atoms with E-state index in [0.717, 1.165) is 17.7 Å². The van der Waals surface area contributed by atoms with Crippen LogP contribution >= 0.6 is 0 Å². The molecular weight excluding hydrogens is 304 g/mol. The molecule has 1 saturated heterocycles. The Morgan fingerprint density at radius 3 is 2.92 bits per heavy atom. The lowest BCUT2D eigenvalue weighted by molar-refractivity contribution is -0.142. The maximum Gasteiger partial charge on any atom is 0.245 e. The normalized spacial score (nSPS) is 15.2. The van der Waals surface area contributed by atoms with Crippen molar-refractivity contribution in [2.45, 2.75) is 39.3 Å². The van der Waals surface area contributed by atoms with Crippen LogP contribution in [0.5, 0.6) is 5.75 Å². The Morgan fingerprint density at radius 1 is 1.50 bits per heavy atom. The highest BCUT2D eigenvalue weighted by atomic mass is 16.5. The third kappa shape index (κ3) is 4.37. The molecule has 2 rings (SSSR count). The van der Waals surface area contributed by atoms with Crippen molar-refractivity contribution in [3.63, 3.8) is 0 Å². The topological polar surface area (TPSA) is 49.9 Å². The first-order valence-corrected chi connectivity index (χ1v) is 8.47. The van der Waals surface area contributed by atoms with Crippen LogP contribution in [0.25, 0.3) is 0 Å². The number of ether oxygens (including phenoxy) is 1. The van der Waals surface area contributed by atoms with Crippen molar-refractivity contribution in [1.29, 1.82) is 0 Å². The van der Waals surface area contributed by atoms with Gasteiger partial charge in [-0.1, -0.05) is 18.2 Å². The van der Waals surface area contributed by atoms with E-state index in [9.17, 15) is 9.59 Å². The SMILES string of the molecule is C=CCN(Cc1cccc(OCC)c1)C(=O)[C@@H](C)N1CCCC1=O. The molecule has 5 heteroatoms. The van der Waals surface area contributed by atoms with E-state index in [2.05, 4.69) is 6.58 Å². The van der Waals surface area contributed by atoms with Gasteiger partial charge in [0.15, 0.2) is 0 Å². The fourth-order valence-corrected chi connectivity index (χ4v) is 2.99. The van der Waals surface area contributed by atoms with Gasteiger partial charge in [-0.15, -0.1) is 6.58 Å². The van der Waals surface area contributed by atoms with Crippen molar-refractivity contribution in [2.24, 2.45) is 0 Å². The molecule has 5 nitrogen and oxygen atoms in total. The Hall–Kier alpha value is -2.30. The zero-order valence-electron chi connectivity index (χ0n) is 14.5. The van der Waals surface area contributed by atoms with E-state index >= 15 is 0 Å². The fraction of sp³-hybridized carbons (Fsp3) is 0.474. The third-order valence-electron chi connectivity index (χ3n) is 4.18. The van der Waals surface area contributed by atoms with Crippen molar-refractivity contribution in [1.82, 2.24) is 9.80 Å². The summed E-state index contributed by atoms with van der Waals surface area (Å²) in [5, 5.41) is 0. The first kappa shape index (κ1) is 18.0. The maximum absolute atomic E-state index is 12.8. The third-order valence-corrected chi connectivity index (χ3v) is 4.18. The lowest BCUT2D eigenvalue weighted by Crippen LogP contribution is -2.47. The molecule has 130 valence electrons. The fourth-order valence-electron chi connectivity index (χ4n) is 2.99. The minimum Gasteiger partial charge on any atom is -0.494 e. The molecule has 1 aromatic carbocycles. The van der Waals surface area contributed by atoms with Gasteiger partial charge in [-0.3, -0.25) is 9.59 Å². The van der Waals surface area contributed by atoms with Crippen molar-refractivity contribution >= 4 is 11.8 Å². The second kappa shape index (κ2) is 8.52. The molecule has 0 radical (unpaired) electrons. The number of hydrogen-bond acceptors (Lipinski definition) is 3. The van der Waals surface area contributed by atoms with Crippen molar-refractivity contribution in [3.05, 3.63) is 42.5 Å². The Balaban J connectivity index is 2.10. The average molecular weight is 330 g/mol. The summed E-state index contributed by atoms with van der Waals surface area (Å²) in [5.41, 5.74) is 0.996. The standard InChI is InChI=1S/C19H26N2O3/c1-4-11-20(14-16-8-6-9-17(13-16)24-5-2)19(23)15(3)21-12-7-10-18(21)22/h4,6,8-9,13,15H,1,5,7,10-12,14H2,2-3H3/t15-/m1/s1. The van der Waals surface area contributed by atoms with E-state index in [0.29, 0.717) is 32.7 Å². The summed E-state index contributed by atoms with van der Waals surface area (Å²) < 4.78 is 5.51. The highest BCUT2D eigenvalue weighted by Crippen LogP contribution is 2.18. The van der Waals surface area contributed by atoms with Gasteiger partial charge in [-0.25, -0.2) is 0 Å². The van der Waals surface area contributed by atoms with Crippen LogP contribution in [0.1, 0.15) is 32.3 Å². The number of benzene rings is 1. The summed E-state index contributed by atoms with van der Waals surface area (Å²) in [7, 11) is 0. The quantitative estimate of drug-likeness (QED) is 0.689. The van der Waals surface area contributed by atoms with Crippen LogP contribution < -0.4 is 4.74 Å². The predicted molar refractivity (Wildman–Crippen MR) is 93.6 cm³/mol.